The molecule has 0 saturated heterocycles. The molecule has 0 spiro atoms. The first-order chi connectivity index (χ1) is 8.43. The van der Waals surface area contributed by atoms with E-state index in [4.69, 9.17) is 10.4 Å². The highest BCUT2D eigenvalue weighted by Crippen LogP contribution is 2.15. The van der Waals surface area contributed by atoms with E-state index in [0.29, 0.717) is 17.1 Å². The number of anilines is 1. The molecule has 1 aromatic heterocycles. The summed E-state index contributed by atoms with van der Waals surface area (Å²) >= 11 is 0. The zero-order valence-electron chi connectivity index (χ0n) is 10.1. The molecule has 0 radical (unpaired) electrons. The molecule has 1 rings (SSSR count). The number of nitrogens with zero attached hydrogens (tertiary/aromatic N) is 2. The molecule has 0 fully saturated rings. The van der Waals surface area contributed by atoms with E-state index in [1.807, 2.05) is 6.07 Å². The van der Waals surface area contributed by atoms with Gasteiger partial charge in [0.25, 0.3) is 0 Å². The molecule has 2 N–H and O–H groups in total. The third-order valence-corrected chi connectivity index (χ3v) is 2.34. The minimum atomic E-state index is -1.02. The van der Waals surface area contributed by atoms with E-state index in [0.717, 1.165) is 5.56 Å². The average Bonchev–Trinajstić information content (AvgIpc) is 2.26. The van der Waals surface area contributed by atoms with Crippen LogP contribution in [-0.4, -0.2) is 22.0 Å². The first kappa shape index (κ1) is 13.6. The number of carbonyl (C=O) groups excluding carboxylic acids is 1. The molecule has 6 heteroatoms. The fourth-order valence-electron chi connectivity index (χ4n) is 1.49. The Bertz CT molecular complexity index is 509. The van der Waals surface area contributed by atoms with Gasteiger partial charge in [0, 0.05) is 6.42 Å². The highest BCUT2D eigenvalue weighted by molar-refractivity contribution is 5.91. The van der Waals surface area contributed by atoms with Crippen molar-refractivity contribution >= 4 is 17.7 Å². The Balaban J connectivity index is 2.78. The molecule has 0 aliphatic carbocycles. The van der Waals surface area contributed by atoms with Crippen molar-refractivity contribution in [3.05, 3.63) is 22.9 Å². The SMILES string of the molecule is Cc1cc(NC(=O)CCC(=O)O)nc(C)c1C#N. The van der Waals surface area contributed by atoms with Crippen LogP contribution >= 0.6 is 0 Å². The van der Waals surface area contributed by atoms with E-state index in [2.05, 4.69) is 10.3 Å². The van der Waals surface area contributed by atoms with E-state index in [1.165, 1.54) is 0 Å². The largest absolute Gasteiger partial charge is 0.481 e. The van der Waals surface area contributed by atoms with E-state index < -0.39 is 11.9 Å². The van der Waals surface area contributed by atoms with Gasteiger partial charge in [-0.25, -0.2) is 4.98 Å². The van der Waals surface area contributed by atoms with Crippen LogP contribution in [0, 0.1) is 25.2 Å². The minimum absolute atomic E-state index is 0.102. The predicted octanol–water partition coefficient (Wildman–Crippen LogP) is 1.37. The molecular formula is C12H13N3O3. The number of aliphatic carboxylic acids is 1. The van der Waals surface area contributed by atoms with Gasteiger partial charge >= 0.3 is 5.97 Å². The van der Waals surface area contributed by atoms with Gasteiger partial charge in [0.1, 0.15) is 11.9 Å². The number of nitrogens with one attached hydrogen (secondary N) is 1. The first-order valence-electron chi connectivity index (χ1n) is 5.34. The lowest BCUT2D eigenvalue weighted by molar-refractivity contribution is -0.138. The normalized spacial score (nSPS) is 9.61. The van der Waals surface area contributed by atoms with Crippen molar-refractivity contribution in [1.82, 2.24) is 4.98 Å². The van der Waals surface area contributed by atoms with Crippen LogP contribution < -0.4 is 5.32 Å². The fourth-order valence-corrected chi connectivity index (χ4v) is 1.49. The number of rotatable bonds is 4. The Morgan fingerprint density at radius 1 is 1.44 bits per heavy atom. The summed E-state index contributed by atoms with van der Waals surface area (Å²) in [6.07, 6.45) is -0.324. The van der Waals surface area contributed by atoms with Crippen LogP contribution in [0.5, 0.6) is 0 Å². The summed E-state index contributed by atoms with van der Waals surface area (Å²) in [5, 5.41) is 19.8. The number of carbonyl (C=O) groups is 2. The number of hydrogen-bond acceptors (Lipinski definition) is 4. The van der Waals surface area contributed by atoms with Gasteiger partial charge in [-0.2, -0.15) is 5.26 Å². The second-order valence-electron chi connectivity index (χ2n) is 3.84. The quantitative estimate of drug-likeness (QED) is 0.836. The van der Waals surface area contributed by atoms with Gasteiger partial charge in [-0.1, -0.05) is 0 Å². The Hall–Kier alpha value is -2.42. The minimum Gasteiger partial charge on any atom is -0.481 e. The zero-order valence-corrected chi connectivity index (χ0v) is 10.1. The Morgan fingerprint density at radius 3 is 2.61 bits per heavy atom. The van der Waals surface area contributed by atoms with Gasteiger partial charge < -0.3 is 10.4 Å². The topological polar surface area (TPSA) is 103 Å². The second-order valence-corrected chi connectivity index (χ2v) is 3.84. The Morgan fingerprint density at radius 2 is 2.11 bits per heavy atom. The molecule has 0 aromatic carbocycles. The molecule has 0 aliphatic heterocycles. The predicted molar refractivity (Wildman–Crippen MR) is 63.9 cm³/mol. The van der Waals surface area contributed by atoms with Gasteiger partial charge in [-0.15, -0.1) is 0 Å². The van der Waals surface area contributed by atoms with Crippen LogP contribution in [0.2, 0.25) is 0 Å². The van der Waals surface area contributed by atoms with Crippen molar-refractivity contribution in [2.24, 2.45) is 0 Å². The third kappa shape index (κ3) is 3.56. The van der Waals surface area contributed by atoms with Crippen molar-refractivity contribution in [2.45, 2.75) is 26.7 Å². The van der Waals surface area contributed by atoms with Gasteiger partial charge in [-0.05, 0) is 25.5 Å². The number of amides is 1. The van der Waals surface area contributed by atoms with Gasteiger partial charge in [0.05, 0.1) is 17.7 Å². The molecule has 0 unspecified atom stereocenters. The lowest BCUT2D eigenvalue weighted by Gasteiger charge is -2.07. The first-order valence-corrected chi connectivity index (χ1v) is 5.34. The highest BCUT2D eigenvalue weighted by atomic mass is 16.4. The van der Waals surface area contributed by atoms with E-state index in [-0.39, 0.29) is 12.8 Å². The van der Waals surface area contributed by atoms with Crippen molar-refractivity contribution in [2.75, 3.05) is 5.32 Å². The van der Waals surface area contributed by atoms with Crippen molar-refractivity contribution in [3.63, 3.8) is 0 Å². The average molecular weight is 247 g/mol. The standard InChI is InChI=1S/C12H13N3O3/c1-7-5-10(14-8(2)9(7)6-13)15-11(16)3-4-12(17)18/h5H,3-4H2,1-2H3,(H,17,18)(H,14,15,16). The Kier molecular flexibility index (Phi) is 4.38. The molecule has 1 amide bonds. The number of nitriles is 1. The maximum absolute atomic E-state index is 11.4. The number of hydrogen-bond donors (Lipinski definition) is 2. The monoisotopic (exact) mass is 247 g/mol. The number of carboxylic acids is 1. The van der Waals surface area contributed by atoms with Gasteiger partial charge in [0.2, 0.25) is 5.91 Å². The smallest absolute Gasteiger partial charge is 0.303 e. The molecule has 0 aliphatic rings. The van der Waals surface area contributed by atoms with Crippen LogP contribution in [0.1, 0.15) is 29.7 Å². The van der Waals surface area contributed by atoms with Crippen LogP contribution in [0.3, 0.4) is 0 Å². The molecule has 0 saturated carbocycles. The molecule has 0 atom stereocenters. The Labute approximate surface area is 104 Å². The van der Waals surface area contributed by atoms with Gasteiger partial charge in [0.15, 0.2) is 0 Å². The maximum Gasteiger partial charge on any atom is 0.303 e. The van der Waals surface area contributed by atoms with Crippen LogP contribution in [0.25, 0.3) is 0 Å². The summed E-state index contributed by atoms with van der Waals surface area (Å²) in [7, 11) is 0. The number of aromatic nitrogens is 1. The molecule has 1 aromatic rings. The maximum atomic E-state index is 11.4. The molecule has 0 bridgehead atoms. The molecule has 1 heterocycles. The molecular weight excluding hydrogens is 234 g/mol. The summed E-state index contributed by atoms with van der Waals surface area (Å²) < 4.78 is 0. The van der Waals surface area contributed by atoms with Crippen LogP contribution in [0.15, 0.2) is 6.07 Å². The van der Waals surface area contributed by atoms with Crippen molar-refractivity contribution in [3.8, 4) is 6.07 Å². The van der Waals surface area contributed by atoms with Crippen molar-refractivity contribution < 1.29 is 14.7 Å². The van der Waals surface area contributed by atoms with Gasteiger partial charge in [-0.3, -0.25) is 9.59 Å². The summed E-state index contributed by atoms with van der Waals surface area (Å²) in [6.45, 7) is 3.43. The number of pyridine rings is 1. The van der Waals surface area contributed by atoms with Crippen LogP contribution in [-0.2, 0) is 9.59 Å². The summed E-state index contributed by atoms with van der Waals surface area (Å²) in [5.41, 5.74) is 1.74. The number of aryl methyl sites for hydroxylation is 2. The summed E-state index contributed by atoms with van der Waals surface area (Å²) in [4.78, 5) is 25.8. The van der Waals surface area contributed by atoms with Crippen molar-refractivity contribution in [1.29, 1.82) is 5.26 Å². The van der Waals surface area contributed by atoms with E-state index in [9.17, 15) is 9.59 Å². The molecule has 94 valence electrons. The van der Waals surface area contributed by atoms with Crippen LogP contribution in [0.4, 0.5) is 5.82 Å². The fraction of sp³-hybridized carbons (Fsp3) is 0.333. The second kappa shape index (κ2) is 5.77. The van der Waals surface area contributed by atoms with E-state index >= 15 is 0 Å². The highest BCUT2D eigenvalue weighted by Gasteiger charge is 2.09. The summed E-state index contributed by atoms with van der Waals surface area (Å²) in [5.74, 6) is -1.10. The van der Waals surface area contributed by atoms with E-state index in [1.54, 1.807) is 19.9 Å². The zero-order chi connectivity index (χ0) is 13.7. The summed E-state index contributed by atoms with van der Waals surface area (Å²) in [6, 6.07) is 3.62. The lowest BCUT2D eigenvalue weighted by atomic mass is 10.1. The molecule has 6 nitrogen and oxygen atoms in total. The third-order valence-electron chi connectivity index (χ3n) is 2.34. The molecule has 18 heavy (non-hydrogen) atoms. The lowest BCUT2D eigenvalue weighted by Crippen LogP contribution is -2.14. The number of carboxylic acid groups (broad SMARTS) is 1.